The lowest BCUT2D eigenvalue weighted by Crippen LogP contribution is -2.18. The molecule has 7 nitrogen and oxygen atoms in total. The van der Waals surface area contributed by atoms with Crippen LogP contribution in [0.5, 0.6) is 5.75 Å². The monoisotopic (exact) mass is 253 g/mol. The number of Topliss-reactive ketones (excluding diaryl/α,β-unsaturated/α-hetero) is 1. The van der Waals surface area contributed by atoms with Crippen molar-refractivity contribution in [2.45, 2.75) is 6.42 Å². The molecule has 0 fully saturated rings. The minimum atomic E-state index is -1.04. The minimum absolute atomic E-state index is 0.0372. The van der Waals surface area contributed by atoms with Crippen LogP contribution in [0.4, 0.5) is 5.69 Å². The van der Waals surface area contributed by atoms with Crippen LogP contribution in [0.3, 0.4) is 0 Å². The summed E-state index contributed by atoms with van der Waals surface area (Å²) in [5.41, 5.74) is -0.216. The van der Waals surface area contributed by atoms with Crippen molar-refractivity contribution in [3.63, 3.8) is 0 Å². The number of nitro groups is 1. The van der Waals surface area contributed by atoms with E-state index in [4.69, 9.17) is 4.74 Å². The number of para-hydroxylation sites is 1. The third-order valence-corrected chi connectivity index (χ3v) is 2.25. The summed E-state index contributed by atoms with van der Waals surface area (Å²) in [4.78, 5) is 32.6. The molecule has 0 saturated carbocycles. The van der Waals surface area contributed by atoms with Gasteiger partial charge in [-0.15, -0.1) is 0 Å². The lowest BCUT2D eigenvalue weighted by atomic mass is 10.1. The Labute approximate surface area is 102 Å². The van der Waals surface area contributed by atoms with Crippen LogP contribution in [0.2, 0.25) is 0 Å². The fourth-order valence-electron chi connectivity index (χ4n) is 1.44. The molecule has 1 rings (SSSR count). The Morgan fingerprint density at radius 3 is 2.50 bits per heavy atom. The summed E-state index contributed by atoms with van der Waals surface area (Å²) in [5.74, 6) is -1.85. The normalized spacial score (nSPS) is 9.67. The molecule has 0 saturated heterocycles. The molecule has 0 aliphatic rings. The maximum atomic E-state index is 11.4. The van der Waals surface area contributed by atoms with Crippen LogP contribution in [0.15, 0.2) is 18.2 Å². The SMILES string of the molecule is COC(=O)C(=O)Cc1cccc(OC)c1[N+](=O)[O-]. The van der Waals surface area contributed by atoms with Gasteiger partial charge in [-0.1, -0.05) is 12.1 Å². The third-order valence-electron chi connectivity index (χ3n) is 2.25. The van der Waals surface area contributed by atoms with Gasteiger partial charge in [-0.05, 0) is 6.07 Å². The molecule has 0 aliphatic carbocycles. The van der Waals surface area contributed by atoms with Gasteiger partial charge in [0, 0.05) is 12.0 Å². The highest BCUT2D eigenvalue weighted by atomic mass is 16.6. The minimum Gasteiger partial charge on any atom is -0.490 e. The quantitative estimate of drug-likeness (QED) is 0.334. The second-order valence-corrected chi connectivity index (χ2v) is 3.32. The van der Waals surface area contributed by atoms with E-state index in [1.807, 2.05) is 0 Å². The summed E-state index contributed by atoms with van der Waals surface area (Å²) < 4.78 is 9.10. The van der Waals surface area contributed by atoms with E-state index in [2.05, 4.69) is 4.74 Å². The van der Waals surface area contributed by atoms with Gasteiger partial charge >= 0.3 is 11.7 Å². The Bertz CT molecular complexity index is 496. The number of hydrogen-bond acceptors (Lipinski definition) is 6. The van der Waals surface area contributed by atoms with Crippen LogP contribution < -0.4 is 4.74 Å². The van der Waals surface area contributed by atoms with Gasteiger partial charge in [-0.2, -0.15) is 0 Å². The van der Waals surface area contributed by atoms with Gasteiger partial charge in [-0.25, -0.2) is 4.79 Å². The number of ether oxygens (including phenoxy) is 2. The Kier molecular flexibility index (Phi) is 4.36. The predicted octanol–water partition coefficient (Wildman–Crippen LogP) is 0.888. The number of methoxy groups -OCH3 is 2. The maximum absolute atomic E-state index is 11.4. The first-order chi connectivity index (χ1) is 8.51. The zero-order valence-corrected chi connectivity index (χ0v) is 9.84. The van der Waals surface area contributed by atoms with Gasteiger partial charge in [-0.3, -0.25) is 14.9 Å². The second kappa shape index (κ2) is 5.76. The number of nitrogens with zero attached hydrogens (tertiary/aromatic N) is 1. The van der Waals surface area contributed by atoms with Crippen molar-refractivity contribution in [2.75, 3.05) is 14.2 Å². The molecule has 1 aromatic carbocycles. The van der Waals surface area contributed by atoms with Gasteiger partial charge in [0.25, 0.3) is 0 Å². The van der Waals surface area contributed by atoms with E-state index >= 15 is 0 Å². The highest BCUT2D eigenvalue weighted by molar-refractivity contribution is 6.34. The summed E-state index contributed by atoms with van der Waals surface area (Å²) in [6.45, 7) is 0. The van der Waals surface area contributed by atoms with Gasteiger partial charge < -0.3 is 9.47 Å². The molecule has 7 heteroatoms. The number of esters is 1. The second-order valence-electron chi connectivity index (χ2n) is 3.32. The first-order valence-corrected chi connectivity index (χ1v) is 4.92. The van der Waals surface area contributed by atoms with E-state index in [0.29, 0.717) is 0 Å². The summed E-state index contributed by atoms with van der Waals surface area (Å²) in [6.07, 6.45) is -0.403. The Hall–Kier alpha value is -2.44. The molecule has 0 aromatic heterocycles. The summed E-state index contributed by atoms with van der Waals surface area (Å²) in [7, 11) is 2.36. The number of carbonyl (C=O) groups is 2. The molecule has 0 heterocycles. The summed E-state index contributed by atoms with van der Waals surface area (Å²) in [6, 6.07) is 4.30. The molecular weight excluding hydrogens is 242 g/mol. The van der Waals surface area contributed by atoms with Crippen molar-refractivity contribution in [1.29, 1.82) is 0 Å². The first kappa shape index (κ1) is 13.6. The predicted molar refractivity (Wildman–Crippen MR) is 60.4 cm³/mol. The van der Waals surface area contributed by atoms with Gasteiger partial charge in [0.2, 0.25) is 5.78 Å². The van der Waals surface area contributed by atoms with E-state index in [1.165, 1.54) is 25.3 Å². The van der Waals surface area contributed by atoms with Gasteiger partial charge in [0.1, 0.15) is 0 Å². The average Bonchev–Trinajstić information content (AvgIpc) is 2.36. The number of ketones is 1. The van der Waals surface area contributed by atoms with E-state index in [1.54, 1.807) is 0 Å². The smallest absolute Gasteiger partial charge is 0.374 e. The van der Waals surface area contributed by atoms with Crippen LogP contribution in [-0.2, 0) is 20.7 Å². The fourth-order valence-corrected chi connectivity index (χ4v) is 1.44. The Morgan fingerprint density at radius 2 is 2.00 bits per heavy atom. The summed E-state index contributed by atoms with van der Waals surface area (Å²) >= 11 is 0. The highest BCUT2D eigenvalue weighted by Gasteiger charge is 2.24. The molecule has 0 bridgehead atoms. The van der Waals surface area contributed by atoms with Crippen molar-refractivity contribution < 1.29 is 24.0 Å². The number of nitro benzene ring substituents is 1. The molecular formula is C11H11NO6. The van der Waals surface area contributed by atoms with Crippen molar-refractivity contribution in [2.24, 2.45) is 0 Å². The lowest BCUT2D eigenvalue weighted by Gasteiger charge is -2.05. The topological polar surface area (TPSA) is 95.7 Å². The van der Waals surface area contributed by atoms with Crippen LogP contribution in [0.1, 0.15) is 5.56 Å². The van der Waals surface area contributed by atoms with E-state index < -0.39 is 23.1 Å². The standard InChI is InChI=1S/C11H11NO6/c1-17-9-5-3-4-7(10(9)12(15)16)6-8(13)11(14)18-2/h3-5H,6H2,1-2H3. The third kappa shape index (κ3) is 2.82. The molecule has 0 amide bonds. The molecule has 0 unspecified atom stereocenters. The lowest BCUT2D eigenvalue weighted by molar-refractivity contribution is -0.386. The zero-order valence-electron chi connectivity index (χ0n) is 9.84. The Morgan fingerprint density at radius 1 is 1.33 bits per heavy atom. The number of rotatable bonds is 5. The molecule has 0 spiro atoms. The zero-order chi connectivity index (χ0) is 13.7. The van der Waals surface area contributed by atoms with Gasteiger partial charge in [0.15, 0.2) is 5.75 Å². The van der Waals surface area contributed by atoms with Crippen LogP contribution >= 0.6 is 0 Å². The van der Waals surface area contributed by atoms with E-state index in [9.17, 15) is 19.7 Å². The molecule has 0 aliphatic heterocycles. The van der Waals surface area contributed by atoms with Crippen LogP contribution in [0, 0.1) is 10.1 Å². The average molecular weight is 253 g/mol. The summed E-state index contributed by atoms with van der Waals surface area (Å²) in [5, 5.41) is 10.9. The largest absolute Gasteiger partial charge is 0.490 e. The molecule has 0 radical (unpaired) electrons. The van der Waals surface area contributed by atoms with Crippen LogP contribution in [0.25, 0.3) is 0 Å². The van der Waals surface area contributed by atoms with E-state index in [0.717, 1.165) is 7.11 Å². The molecule has 96 valence electrons. The fraction of sp³-hybridized carbons (Fsp3) is 0.273. The molecule has 0 N–H and O–H groups in total. The maximum Gasteiger partial charge on any atom is 0.374 e. The molecule has 18 heavy (non-hydrogen) atoms. The van der Waals surface area contributed by atoms with Gasteiger partial charge in [0.05, 0.1) is 19.1 Å². The van der Waals surface area contributed by atoms with Crippen molar-refractivity contribution in [1.82, 2.24) is 0 Å². The van der Waals surface area contributed by atoms with Crippen molar-refractivity contribution >= 4 is 17.4 Å². The van der Waals surface area contributed by atoms with Crippen molar-refractivity contribution in [3.05, 3.63) is 33.9 Å². The number of benzene rings is 1. The highest BCUT2D eigenvalue weighted by Crippen LogP contribution is 2.30. The van der Waals surface area contributed by atoms with E-state index in [-0.39, 0.29) is 17.0 Å². The van der Waals surface area contributed by atoms with Crippen molar-refractivity contribution in [3.8, 4) is 5.75 Å². The first-order valence-electron chi connectivity index (χ1n) is 4.92. The number of hydrogen-bond donors (Lipinski definition) is 0. The number of carbonyl (C=O) groups excluding carboxylic acids is 2. The Balaban J connectivity index is 3.13. The van der Waals surface area contributed by atoms with Crippen LogP contribution in [-0.4, -0.2) is 30.9 Å². The molecule has 1 aromatic rings. The molecule has 0 atom stereocenters.